The summed E-state index contributed by atoms with van der Waals surface area (Å²) in [6.45, 7) is 0. The fraction of sp³-hybridized carbons (Fsp3) is 0.500. The van der Waals surface area contributed by atoms with Crippen LogP contribution in [-0.4, -0.2) is 33.2 Å². The highest BCUT2D eigenvalue weighted by molar-refractivity contribution is 6.07. The lowest BCUT2D eigenvalue weighted by Crippen LogP contribution is -2.29. The van der Waals surface area contributed by atoms with E-state index in [1.807, 2.05) is 0 Å². The number of carboxylic acids is 3. The third-order valence-electron chi connectivity index (χ3n) is 2.02. The summed E-state index contributed by atoms with van der Waals surface area (Å²) in [5.74, 6) is -5.82. The zero-order valence-corrected chi connectivity index (χ0v) is 8.30. The number of rotatable bonds is 3. The maximum Gasteiger partial charge on any atom is 0.321 e. The molecule has 0 spiro atoms. The second-order valence-corrected chi connectivity index (χ2v) is 2.68. The van der Waals surface area contributed by atoms with Crippen LogP contribution in [0.4, 0.5) is 0 Å². The van der Waals surface area contributed by atoms with Crippen molar-refractivity contribution in [3.8, 4) is 0 Å². The fourth-order valence-electron chi connectivity index (χ4n) is 1.13. The fourth-order valence-corrected chi connectivity index (χ4v) is 1.13. The van der Waals surface area contributed by atoms with Gasteiger partial charge in [0, 0.05) is 0 Å². The minimum Gasteiger partial charge on any atom is -0.481 e. The van der Waals surface area contributed by atoms with Crippen LogP contribution in [0.5, 0.6) is 0 Å². The van der Waals surface area contributed by atoms with Crippen molar-refractivity contribution in [3.63, 3.8) is 0 Å². The Hall–Kier alpha value is -1.01. The second kappa shape index (κ2) is 4.47. The Labute approximate surface area is 90.7 Å². The molecule has 0 bridgehead atoms. The lowest BCUT2D eigenvalue weighted by atomic mass is 10.1. The first-order valence-corrected chi connectivity index (χ1v) is 3.12. The topological polar surface area (TPSA) is 112 Å². The Morgan fingerprint density at radius 1 is 1.00 bits per heavy atom. The van der Waals surface area contributed by atoms with Crippen LogP contribution in [0.25, 0.3) is 0 Å². The highest BCUT2D eigenvalue weighted by Crippen LogP contribution is 2.53. The molecule has 0 aromatic carbocycles. The summed E-state index contributed by atoms with van der Waals surface area (Å²) in [6.07, 6.45) is -0.326. The lowest BCUT2D eigenvalue weighted by molar-refractivity contribution is -0.160. The molecule has 1 aliphatic rings. The van der Waals surface area contributed by atoms with Crippen LogP contribution in [0.3, 0.4) is 0 Å². The summed E-state index contributed by atoms with van der Waals surface area (Å²) >= 11 is 0. The Morgan fingerprint density at radius 3 is 1.43 bits per heavy atom. The molecule has 1 rings (SSSR count). The molecular weight excluding hydrogens is 239 g/mol. The van der Waals surface area contributed by atoms with Gasteiger partial charge < -0.3 is 15.3 Å². The van der Waals surface area contributed by atoms with E-state index in [0.29, 0.717) is 0 Å². The second-order valence-electron chi connectivity index (χ2n) is 2.68. The minimum absolute atomic E-state index is 0. The van der Waals surface area contributed by atoms with E-state index in [0.717, 1.165) is 0 Å². The van der Waals surface area contributed by atoms with Gasteiger partial charge in [-0.2, -0.15) is 0 Å². The summed E-state index contributed by atoms with van der Waals surface area (Å²) in [5.41, 5.74) is -2.08. The Bertz CT molecular complexity index is 261. The molecule has 1 aliphatic carbocycles. The molecular formula is C6H8Cl2O6. The zero-order valence-electron chi connectivity index (χ0n) is 6.67. The molecule has 1 unspecified atom stereocenters. The van der Waals surface area contributed by atoms with Gasteiger partial charge in [-0.15, -0.1) is 24.8 Å². The van der Waals surface area contributed by atoms with Crippen LogP contribution in [0, 0.1) is 11.3 Å². The third-order valence-corrected chi connectivity index (χ3v) is 2.02. The van der Waals surface area contributed by atoms with Crippen molar-refractivity contribution in [2.75, 3.05) is 0 Å². The largest absolute Gasteiger partial charge is 0.481 e. The SMILES string of the molecule is Cl.Cl.O=C(O)C1CC1(C(=O)O)C(=O)O. The maximum atomic E-state index is 10.4. The molecule has 0 saturated heterocycles. The van der Waals surface area contributed by atoms with Gasteiger partial charge in [0.1, 0.15) is 0 Å². The molecule has 0 aromatic rings. The van der Waals surface area contributed by atoms with E-state index in [1.54, 1.807) is 0 Å². The monoisotopic (exact) mass is 246 g/mol. The standard InChI is InChI=1S/C6H6O6.2ClH/c7-3(8)2-1-6(2,4(9)10)5(11)12;;/h2H,1H2,(H,7,8)(H,9,10)(H,11,12);2*1H. The lowest BCUT2D eigenvalue weighted by Gasteiger charge is -2.02. The molecule has 1 fully saturated rings. The number of aliphatic carboxylic acids is 3. The molecule has 0 aromatic heterocycles. The van der Waals surface area contributed by atoms with Gasteiger partial charge in [-0.3, -0.25) is 14.4 Å². The molecule has 1 saturated carbocycles. The number of hydrogen-bond donors (Lipinski definition) is 3. The first-order chi connectivity index (χ1) is 5.43. The van der Waals surface area contributed by atoms with Crippen molar-refractivity contribution >= 4 is 42.7 Å². The van der Waals surface area contributed by atoms with Crippen molar-refractivity contribution in [2.45, 2.75) is 6.42 Å². The zero-order chi connectivity index (χ0) is 9.52. The van der Waals surface area contributed by atoms with E-state index < -0.39 is 29.2 Å². The molecule has 0 amide bonds. The normalized spacial score (nSPS) is 21.0. The number of halogens is 2. The summed E-state index contributed by atoms with van der Waals surface area (Å²) in [4.78, 5) is 31.1. The van der Waals surface area contributed by atoms with E-state index in [2.05, 4.69) is 0 Å². The predicted octanol–water partition coefficient (Wildman–Crippen LogP) is 0.0901. The molecule has 0 radical (unpaired) electrons. The smallest absolute Gasteiger partial charge is 0.321 e. The van der Waals surface area contributed by atoms with Crippen LogP contribution in [0.2, 0.25) is 0 Å². The molecule has 6 nitrogen and oxygen atoms in total. The predicted molar refractivity (Wildman–Crippen MR) is 47.9 cm³/mol. The van der Waals surface area contributed by atoms with Gasteiger partial charge in [-0.05, 0) is 6.42 Å². The Kier molecular flexibility index (Phi) is 4.94. The minimum atomic E-state index is -2.08. The van der Waals surface area contributed by atoms with Gasteiger partial charge in [0.15, 0.2) is 5.41 Å². The van der Waals surface area contributed by atoms with Crippen LogP contribution in [0.1, 0.15) is 6.42 Å². The van der Waals surface area contributed by atoms with Crippen molar-refractivity contribution in [2.24, 2.45) is 11.3 Å². The molecule has 14 heavy (non-hydrogen) atoms. The van der Waals surface area contributed by atoms with E-state index in [-0.39, 0.29) is 31.2 Å². The first-order valence-electron chi connectivity index (χ1n) is 3.12. The average molecular weight is 247 g/mol. The molecule has 1 atom stereocenters. The van der Waals surface area contributed by atoms with Gasteiger partial charge in [0.25, 0.3) is 0 Å². The highest BCUT2D eigenvalue weighted by atomic mass is 35.5. The Morgan fingerprint density at radius 2 is 1.36 bits per heavy atom. The van der Waals surface area contributed by atoms with Crippen molar-refractivity contribution in [1.82, 2.24) is 0 Å². The van der Waals surface area contributed by atoms with Gasteiger partial charge in [0.2, 0.25) is 0 Å². The van der Waals surface area contributed by atoms with E-state index in [1.165, 1.54) is 0 Å². The third kappa shape index (κ3) is 1.91. The van der Waals surface area contributed by atoms with Crippen LogP contribution in [-0.2, 0) is 14.4 Å². The number of hydrogen-bond acceptors (Lipinski definition) is 3. The van der Waals surface area contributed by atoms with E-state index >= 15 is 0 Å². The molecule has 0 heterocycles. The van der Waals surface area contributed by atoms with Gasteiger partial charge in [0.05, 0.1) is 5.92 Å². The van der Waals surface area contributed by atoms with Gasteiger partial charge in [-0.1, -0.05) is 0 Å². The quantitative estimate of drug-likeness (QED) is 0.609. The number of carboxylic acid groups (broad SMARTS) is 3. The summed E-state index contributed by atoms with van der Waals surface area (Å²) in [5, 5.41) is 25.3. The summed E-state index contributed by atoms with van der Waals surface area (Å²) in [6, 6.07) is 0. The molecule has 8 heteroatoms. The van der Waals surface area contributed by atoms with Crippen LogP contribution < -0.4 is 0 Å². The van der Waals surface area contributed by atoms with Crippen molar-refractivity contribution in [3.05, 3.63) is 0 Å². The van der Waals surface area contributed by atoms with Crippen molar-refractivity contribution in [1.29, 1.82) is 0 Å². The van der Waals surface area contributed by atoms with Crippen molar-refractivity contribution < 1.29 is 29.7 Å². The van der Waals surface area contributed by atoms with E-state index in [9.17, 15) is 14.4 Å². The van der Waals surface area contributed by atoms with Gasteiger partial charge in [-0.25, -0.2) is 0 Å². The van der Waals surface area contributed by atoms with Crippen LogP contribution in [0.15, 0.2) is 0 Å². The van der Waals surface area contributed by atoms with Gasteiger partial charge >= 0.3 is 17.9 Å². The molecule has 3 N–H and O–H groups in total. The van der Waals surface area contributed by atoms with Crippen LogP contribution >= 0.6 is 24.8 Å². The number of carbonyl (C=O) groups is 3. The Balaban J connectivity index is 0. The molecule has 0 aliphatic heterocycles. The maximum absolute atomic E-state index is 10.4. The summed E-state index contributed by atoms with van der Waals surface area (Å²) < 4.78 is 0. The average Bonchev–Trinajstić information content (AvgIpc) is 2.60. The molecule has 82 valence electrons. The highest BCUT2D eigenvalue weighted by Gasteiger charge is 2.70. The first kappa shape index (κ1) is 15.5. The summed E-state index contributed by atoms with van der Waals surface area (Å²) in [7, 11) is 0. The van der Waals surface area contributed by atoms with E-state index in [4.69, 9.17) is 15.3 Å².